The first-order valence-corrected chi connectivity index (χ1v) is 11.1. The van der Waals surface area contributed by atoms with Crippen LogP contribution in [-0.2, 0) is 4.74 Å². The molecule has 1 N–H and O–H groups in total. The largest absolute Gasteiger partial charge is 0.490 e. The number of nitrogens with zero attached hydrogens (tertiary/aromatic N) is 2. The minimum atomic E-state index is -0.469. The van der Waals surface area contributed by atoms with Crippen LogP contribution >= 0.6 is 0 Å². The number of aromatic nitrogens is 1. The highest BCUT2D eigenvalue weighted by Gasteiger charge is 2.27. The summed E-state index contributed by atoms with van der Waals surface area (Å²) in [5.74, 6) is 1.74. The van der Waals surface area contributed by atoms with Gasteiger partial charge in [0.05, 0.1) is 0 Å². The fourth-order valence-electron chi connectivity index (χ4n) is 3.96. The van der Waals surface area contributed by atoms with Gasteiger partial charge in [-0.2, -0.15) is 0 Å². The van der Waals surface area contributed by atoms with E-state index in [9.17, 15) is 4.79 Å². The van der Waals surface area contributed by atoms with Crippen LogP contribution in [0.4, 0.5) is 10.6 Å². The summed E-state index contributed by atoms with van der Waals surface area (Å²) >= 11 is 0. The first-order valence-electron chi connectivity index (χ1n) is 11.1. The molecular weight excluding hydrogens is 402 g/mol. The van der Waals surface area contributed by atoms with Gasteiger partial charge in [-0.25, -0.2) is 9.78 Å². The maximum atomic E-state index is 12.2. The third kappa shape index (κ3) is 5.13. The molecule has 0 spiro atoms. The summed E-state index contributed by atoms with van der Waals surface area (Å²) in [6, 6.07) is 16.6. The molecule has 1 amide bonds. The van der Waals surface area contributed by atoms with Crippen molar-refractivity contribution in [3.63, 3.8) is 0 Å². The van der Waals surface area contributed by atoms with E-state index in [1.165, 1.54) is 0 Å². The molecule has 1 saturated heterocycles. The lowest BCUT2D eigenvalue weighted by molar-refractivity contribution is 0.0126. The van der Waals surface area contributed by atoms with Crippen molar-refractivity contribution in [3.05, 3.63) is 54.7 Å². The third-order valence-corrected chi connectivity index (χ3v) is 5.59. The van der Waals surface area contributed by atoms with Gasteiger partial charge in [-0.1, -0.05) is 24.3 Å². The number of carbonyl (C=O) groups excluding carboxylic acids is 1. The highest BCUT2D eigenvalue weighted by molar-refractivity contribution is 5.94. The maximum Gasteiger partial charge on any atom is 0.410 e. The molecule has 4 rings (SSSR count). The lowest BCUT2D eigenvalue weighted by atomic mass is 10.0. The van der Waals surface area contributed by atoms with Gasteiger partial charge in [-0.05, 0) is 61.5 Å². The Morgan fingerprint density at radius 2 is 1.72 bits per heavy atom. The molecule has 3 aromatic rings. The van der Waals surface area contributed by atoms with E-state index in [4.69, 9.17) is 9.47 Å². The summed E-state index contributed by atoms with van der Waals surface area (Å²) in [5.41, 5.74) is 1.83. The number of amides is 1. The van der Waals surface area contributed by atoms with Crippen LogP contribution in [-0.4, -0.2) is 47.8 Å². The average molecular weight is 434 g/mol. The summed E-state index contributed by atoms with van der Waals surface area (Å²) in [5, 5.41) is 5.40. The number of nitrogens with one attached hydrogen (secondary N) is 1. The minimum Gasteiger partial charge on any atom is -0.490 e. The molecule has 0 atom stereocenters. The van der Waals surface area contributed by atoms with Crippen molar-refractivity contribution >= 4 is 22.7 Å². The number of hydrogen-bond donors (Lipinski definition) is 1. The Bertz CT molecular complexity index is 1080. The van der Waals surface area contributed by atoms with Gasteiger partial charge in [0.1, 0.15) is 23.3 Å². The van der Waals surface area contributed by atoms with Crippen LogP contribution in [0.25, 0.3) is 21.9 Å². The molecule has 1 fully saturated rings. The van der Waals surface area contributed by atoms with E-state index in [-0.39, 0.29) is 12.2 Å². The van der Waals surface area contributed by atoms with Gasteiger partial charge >= 0.3 is 6.09 Å². The molecule has 0 radical (unpaired) electrons. The van der Waals surface area contributed by atoms with Crippen LogP contribution in [0, 0.1) is 0 Å². The molecule has 0 unspecified atom stereocenters. The average Bonchev–Trinajstić information content (AvgIpc) is 2.78. The fraction of sp³-hybridized carbons (Fsp3) is 0.385. The summed E-state index contributed by atoms with van der Waals surface area (Å²) in [4.78, 5) is 18.4. The molecule has 1 aliphatic rings. The molecule has 1 aromatic heterocycles. The van der Waals surface area contributed by atoms with E-state index in [0.29, 0.717) is 13.1 Å². The highest BCUT2D eigenvalue weighted by atomic mass is 16.6. The molecule has 168 valence electrons. The Labute approximate surface area is 189 Å². The van der Waals surface area contributed by atoms with Crippen molar-refractivity contribution in [1.82, 2.24) is 9.88 Å². The Balaban J connectivity index is 1.37. The topological polar surface area (TPSA) is 63.7 Å². The first-order chi connectivity index (χ1) is 15.3. The van der Waals surface area contributed by atoms with Crippen LogP contribution in [0.2, 0.25) is 0 Å². The van der Waals surface area contributed by atoms with Crippen molar-refractivity contribution in [2.75, 3.05) is 25.5 Å². The Hall–Kier alpha value is -3.28. The number of piperidine rings is 1. The maximum absolute atomic E-state index is 12.2. The number of fused-ring (bicyclic) bond motifs is 1. The van der Waals surface area contributed by atoms with Crippen molar-refractivity contribution in [2.45, 2.75) is 45.3 Å². The van der Waals surface area contributed by atoms with Crippen LogP contribution in [0.1, 0.15) is 33.6 Å². The highest BCUT2D eigenvalue weighted by Crippen LogP contribution is 2.29. The molecule has 2 aromatic carbocycles. The fourth-order valence-corrected chi connectivity index (χ4v) is 3.96. The van der Waals surface area contributed by atoms with E-state index in [0.717, 1.165) is 46.3 Å². The second kappa shape index (κ2) is 9.07. The minimum absolute atomic E-state index is 0.104. The van der Waals surface area contributed by atoms with Crippen LogP contribution in [0.5, 0.6) is 5.75 Å². The van der Waals surface area contributed by atoms with Crippen LogP contribution in [0.3, 0.4) is 0 Å². The number of likely N-dealkylation sites (tertiary alicyclic amines) is 1. The number of hydrogen-bond acceptors (Lipinski definition) is 5. The van der Waals surface area contributed by atoms with Crippen molar-refractivity contribution in [3.8, 4) is 16.9 Å². The smallest absolute Gasteiger partial charge is 0.410 e. The third-order valence-electron chi connectivity index (χ3n) is 5.59. The normalized spacial score (nSPS) is 14.9. The molecular formula is C26H31N3O3. The van der Waals surface area contributed by atoms with Gasteiger partial charge < -0.3 is 19.7 Å². The lowest BCUT2D eigenvalue weighted by Gasteiger charge is -2.33. The summed E-state index contributed by atoms with van der Waals surface area (Å²) in [6.45, 7) is 6.97. The van der Waals surface area contributed by atoms with E-state index in [2.05, 4.69) is 40.6 Å². The zero-order chi connectivity index (χ0) is 22.7. The summed E-state index contributed by atoms with van der Waals surface area (Å²) in [7, 11) is 1.88. The second-order valence-corrected chi connectivity index (χ2v) is 9.15. The monoisotopic (exact) mass is 433 g/mol. The number of ether oxygens (including phenoxy) is 2. The van der Waals surface area contributed by atoms with Gasteiger partial charge in [0.2, 0.25) is 0 Å². The number of carbonyl (C=O) groups is 1. The van der Waals surface area contributed by atoms with E-state index < -0.39 is 5.60 Å². The van der Waals surface area contributed by atoms with Crippen LogP contribution in [0.15, 0.2) is 54.7 Å². The molecule has 32 heavy (non-hydrogen) atoms. The Kier molecular flexibility index (Phi) is 6.21. The van der Waals surface area contributed by atoms with Gasteiger partial charge in [0.25, 0.3) is 0 Å². The van der Waals surface area contributed by atoms with E-state index >= 15 is 0 Å². The molecule has 2 heterocycles. The summed E-state index contributed by atoms with van der Waals surface area (Å²) in [6.07, 6.45) is 3.28. The molecule has 0 bridgehead atoms. The van der Waals surface area contributed by atoms with E-state index in [1.807, 2.05) is 52.2 Å². The first kappa shape index (κ1) is 21.9. The number of rotatable bonds is 4. The quantitative estimate of drug-likeness (QED) is 0.570. The SMILES string of the molecule is CNc1nccc2cc(-c3ccc(OC4CCN(C(=O)OC(C)(C)C)CC4)cc3)ccc12. The predicted octanol–water partition coefficient (Wildman–Crippen LogP) is 5.72. The van der Waals surface area contributed by atoms with Crippen molar-refractivity contribution in [2.24, 2.45) is 0 Å². The lowest BCUT2D eigenvalue weighted by Crippen LogP contribution is -2.44. The number of benzene rings is 2. The molecule has 0 aliphatic carbocycles. The number of anilines is 1. The van der Waals surface area contributed by atoms with Gasteiger partial charge in [-0.15, -0.1) is 0 Å². The van der Waals surface area contributed by atoms with Crippen molar-refractivity contribution in [1.29, 1.82) is 0 Å². The summed E-state index contributed by atoms with van der Waals surface area (Å²) < 4.78 is 11.6. The molecule has 1 aliphatic heterocycles. The molecule has 6 heteroatoms. The van der Waals surface area contributed by atoms with Crippen LogP contribution < -0.4 is 10.1 Å². The van der Waals surface area contributed by atoms with Crippen molar-refractivity contribution < 1.29 is 14.3 Å². The second-order valence-electron chi connectivity index (χ2n) is 9.15. The Morgan fingerprint density at radius 3 is 2.38 bits per heavy atom. The van der Waals surface area contributed by atoms with E-state index in [1.54, 1.807) is 4.90 Å². The molecule has 6 nitrogen and oxygen atoms in total. The van der Waals surface area contributed by atoms with Gasteiger partial charge in [-0.3, -0.25) is 0 Å². The Morgan fingerprint density at radius 1 is 1.03 bits per heavy atom. The predicted molar refractivity (Wildman–Crippen MR) is 128 cm³/mol. The number of pyridine rings is 1. The zero-order valence-corrected chi connectivity index (χ0v) is 19.2. The zero-order valence-electron chi connectivity index (χ0n) is 19.2. The standard InChI is InChI=1S/C26H31N3O3/c1-26(2,3)32-25(30)29-15-12-22(13-16-29)31-21-8-5-18(6-9-21)19-7-10-23-20(17-19)11-14-28-24(23)27-4/h5-11,14,17,22H,12-13,15-16H2,1-4H3,(H,27,28). The van der Waals surface area contributed by atoms with Gasteiger partial charge in [0.15, 0.2) is 0 Å². The molecule has 0 saturated carbocycles. The van der Waals surface area contributed by atoms with Gasteiger partial charge in [0, 0.05) is 44.6 Å².